The summed E-state index contributed by atoms with van der Waals surface area (Å²) in [4.78, 5) is 0. The summed E-state index contributed by atoms with van der Waals surface area (Å²) in [7, 11) is 1.58. The predicted molar refractivity (Wildman–Crippen MR) is 57.6 cm³/mol. The third-order valence-electron chi connectivity index (χ3n) is 2.04. The van der Waals surface area contributed by atoms with E-state index >= 15 is 0 Å². The van der Waals surface area contributed by atoms with Crippen molar-refractivity contribution in [2.75, 3.05) is 26.8 Å². The number of ether oxygens (including phenoxy) is 1. The molecule has 1 atom stereocenters. The first kappa shape index (κ1) is 12.2. The van der Waals surface area contributed by atoms with Gasteiger partial charge in [-0.3, -0.25) is 4.68 Å². The van der Waals surface area contributed by atoms with E-state index in [4.69, 9.17) is 4.74 Å². The number of aromatic nitrogens is 2. The third kappa shape index (κ3) is 5.51. The van der Waals surface area contributed by atoms with Gasteiger partial charge < -0.3 is 15.2 Å². The fourth-order valence-corrected chi connectivity index (χ4v) is 1.32. The standard InChI is InChI=1S/C10H19N3O2/c1-15-9-10(14)8-11-4-2-6-13-7-3-5-12-13/h3,5,7,10-11,14H,2,4,6,8-9H2,1H3. The summed E-state index contributed by atoms with van der Waals surface area (Å²) < 4.78 is 6.71. The van der Waals surface area contributed by atoms with Gasteiger partial charge in [-0.1, -0.05) is 0 Å². The molecule has 1 aromatic heterocycles. The molecule has 1 heterocycles. The van der Waals surface area contributed by atoms with Crippen LogP contribution >= 0.6 is 0 Å². The van der Waals surface area contributed by atoms with Crippen molar-refractivity contribution in [1.82, 2.24) is 15.1 Å². The van der Waals surface area contributed by atoms with Crippen LogP contribution in [0.5, 0.6) is 0 Å². The fourth-order valence-electron chi connectivity index (χ4n) is 1.32. The number of aliphatic hydroxyl groups is 1. The van der Waals surface area contributed by atoms with E-state index in [1.165, 1.54) is 0 Å². The van der Waals surface area contributed by atoms with Gasteiger partial charge in [-0.2, -0.15) is 5.10 Å². The zero-order valence-corrected chi connectivity index (χ0v) is 9.09. The van der Waals surface area contributed by atoms with Crippen LogP contribution < -0.4 is 5.32 Å². The first-order valence-corrected chi connectivity index (χ1v) is 5.18. The van der Waals surface area contributed by atoms with Crippen molar-refractivity contribution < 1.29 is 9.84 Å². The van der Waals surface area contributed by atoms with Crippen LogP contribution in [0, 0.1) is 0 Å². The molecule has 0 bridgehead atoms. The van der Waals surface area contributed by atoms with Crippen molar-refractivity contribution in [1.29, 1.82) is 0 Å². The molecular weight excluding hydrogens is 194 g/mol. The molecule has 0 aromatic carbocycles. The molecule has 1 unspecified atom stereocenters. The van der Waals surface area contributed by atoms with E-state index in [-0.39, 0.29) is 0 Å². The predicted octanol–water partition coefficient (Wildman–Crippen LogP) is -0.130. The van der Waals surface area contributed by atoms with E-state index in [1.807, 2.05) is 16.9 Å². The van der Waals surface area contributed by atoms with Crippen molar-refractivity contribution in [2.24, 2.45) is 0 Å². The molecule has 0 amide bonds. The lowest BCUT2D eigenvalue weighted by Gasteiger charge is -2.10. The highest BCUT2D eigenvalue weighted by molar-refractivity contribution is 4.77. The van der Waals surface area contributed by atoms with Gasteiger partial charge in [-0.15, -0.1) is 0 Å². The molecule has 0 aliphatic carbocycles. The highest BCUT2D eigenvalue weighted by atomic mass is 16.5. The Morgan fingerprint density at radius 2 is 2.47 bits per heavy atom. The van der Waals surface area contributed by atoms with E-state index in [0.717, 1.165) is 19.5 Å². The highest BCUT2D eigenvalue weighted by Gasteiger charge is 2.01. The number of rotatable bonds is 8. The molecule has 5 nitrogen and oxygen atoms in total. The Hall–Kier alpha value is -0.910. The smallest absolute Gasteiger partial charge is 0.0897 e. The molecule has 0 aliphatic heterocycles. The second-order valence-corrected chi connectivity index (χ2v) is 3.44. The minimum Gasteiger partial charge on any atom is -0.389 e. The maximum Gasteiger partial charge on any atom is 0.0897 e. The largest absolute Gasteiger partial charge is 0.389 e. The van der Waals surface area contributed by atoms with E-state index in [2.05, 4.69) is 10.4 Å². The molecule has 0 saturated heterocycles. The Balaban J connectivity index is 1.93. The van der Waals surface area contributed by atoms with Crippen LogP contribution in [0.1, 0.15) is 6.42 Å². The molecule has 0 radical (unpaired) electrons. The summed E-state index contributed by atoms with van der Waals surface area (Å²) in [5.41, 5.74) is 0. The van der Waals surface area contributed by atoms with Gasteiger partial charge >= 0.3 is 0 Å². The minimum atomic E-state index is -0.417. The molecule has 0 fully saturated rings. The molecule has 0 spiro atoms. The molecule has 2 N–H and O–H groups in total. The Morgan fingerprint density at radius 3 is 3.13 bits per heavy atom. The fraction of sp³-hybridized carbons (Fsp3) is 0.700. The van der Waals surface area contributed by atoms with E-state index in [0.29, 0.717) is 13.2 Å². The lowest BCUT2D eigenvalue weighted by atomic mass is 10.3. The maximum absolute atomic E-state index is 9.33. The Bertz CT molecular complexity index is 239. The number of aliphatic hydroxyl groups excluding tert-OH is 1. The Morgan fingerprint density at radius 1 is 1.60 bits per heavy atom. The van der Waals surface area contributed by atoms with Crippen molar-refractivity contribution >= 4 is 0 Å². The summed E-state index contributed by atoms with van der Waals surface area (Å²) in [5.74, 6) is 0. The number of nitrogens with zero attached hydrogens (tertiary/aromatic N) is 2. The first-order chi connectivity index (χ1) is 7.33. The van der Waals surface area contributed by atoms with Crippen LogP contribution in [-0.2, 0) is 11.3 Å². The monoisotopic (exact) mass is 213 g/mol. The van der Waals surface area contributed by atoms with Crippen LogP contribution in [0.25, 0.3) is 0 Å². The Kier molecular flexibility index (Phi) is 5.99. The molecule has 0 saturated carbocycles. The number of hydrogen-bond acceptors (Lipinski definition) is 4. The first-order valence-electron chi connectivity index (χ1n) is 5.18. The normalized spacial score (nSPS) is 12.9. The van der Waals surface area contributed by atoms with Crippen molar-refractivity contribution in [3.8, 4) is 0 Å². The molecule has 15 heavy (non-hydrogen) atoms. The second kappa shape index (κ2) is 7.39. The topological polar surface area (TPSA) is 59.3 Å². The third-order valence-corrected chi connectivity index (χ3v) is 2.04. The van der Waals surface area contributed by atoms with Gasteiger partial charge in [-0.05, 0) is 19.0 Å². The lowest BCUT2D eigenvalue weighted by molar-refractivity contribution is 0.0646. The summed E-state index contributed by atoms with van der Waals surface area (Å²) in [6.07, 6.45) is 4.30. The van der Waals surface area contributed by atoms with Gasteiger partial charge in [0, 0.05) is 32.6 Å². The van der Waals surface area contributed by atoms with Gasteiger partial charge in [0.2, 0.25) is 0 Å². The van der Waals surface area contributed by atoms with E-state index in [9.17, 15) is 5.11 Å². The molecule has 1 rings (SSSR count). The summed E-state index contributed by atoms with van der Waals surface area (Å²) >= 11 is 0. The lowest BCUT2D eigenvalue weighted by Crippen LogP contribution is -2.31. The molecule has 1 aromatic rings. The summed E-state index contributed by atoms with van der Waals surface area (Å²) in [5, 5.41) is 16.6. The summed E-state index contributed by atoms with van der Waals surface area (Å²) in [6.45, 7) is 2.74. The summed E-state index contributed by atoms with van der Waals surface area (Å²) in [6, 6.07) is 1.91. The average Bonchev–Trinajstić information content (AvgIpc) is 2.70. The van der Waals surface area contributed by atoms with Crippen molar-refractivity contribution in [2.45, 2.75) is 19.1 Å². The quantitative estimate of drug-likeness (QED) is 0.591. The van der Waals surface area contributed by atoms with Gasteiger partial charge in [-0.25, -0.2) is 0 Å². The number of aryl methyl sites for hydroxylation is 1. The zero-order chi connectivity index (χ0) is 10.9. The highest BCUT2D eigenvalue weighted by Crippen LogP contribution is 1.88. The van der Waals surface area contributed by atoms with E-state index in [1.54, 1.807) is 13.3 Å². The van der Waals surface area contributed by atoms with Crippen molar-refractivity contribution in [3.05, 3.63) is 18.5 Å². The zero-order valence-electron chi connectivity index (χ0n) is 9.09. The maximum atomic E-state index is 9.33. The molecular formula is C10H19N3O2. The minimum absolute atomic E-state index is 0.381. The van der Waals surface area contributed by atoms with Crippen LogP contribution in [0.15, 0.2) is 18.5 Å². The molecule has 0 aliphatic rings. The van der Waals surface area contributed by atoms with Gasteiger partial charge in [0.1, 0.15) is 0 Å². The van der Waals surface area contributed by atoms with Crippen molar-refractivity contribution in [3.63, 3.8) is 0 Å². The molecule has 86 valence electrons. The van der Waals surface area contributed by atoms with Gasteiger partial charge in [0.15, 0.2) is 0 Å². The Labute approximate surface area is 90.1 Å². The number of methoxy groups -OCH3 is 1. The van der Waals surface area contributed by atoms with Crippen LogP contribution in [0.4, 0.5) is 0 Å². The molecule has 5 heteroatoms. The van der Waals surface area contributed by atoms with Crippen LogP contribution in [-0.4, -0.2) is 47.8 Å². The number of hydrogen-bond donors (Lipinski definition) is 2. The van der Waals surface area contributed by atoms with Crippen LogP contribution in [0.2, 0.25) is 0 Å². The second-order valence-electron chi connectivity index (χ2n) is 3.44. The van der Waals surface area contributed by atoms with Gasteiger partial charge in [0.25, 0.3) is 0 Å². The number of nitrogens with one attached hydrogen (secondary N) is 1. The van der Waals surface area contributed by atoms with Crippen LogP contribution in [0.3, 0.4) is 0 Å². The SMILES string of the molecule is COCC(O)CNCCCn1cccn1. The van der Waals surface area contributed by atoms with E-state index < -0.39 is 6.10 Å². The van der Waals surface area contributed by atoms with Gasteiger partial charge in [0.05, 0.1) is 12.7 Å². The average molecular weight is 213 g/mol.